The summed E-state index contributed by atoms with van der Waals surface area (Å²) >= 11 is 0. The van der Waals surface area contributed by atoms with E-state index in [9.17, 15) is 0 Å². The topological polar surface area (TPSA) is 15.3 Å². The number of likely N-dealkylation sites (N-methyl/N-ethyl adjacent to an activating group) is 2. The molecule has 1 saturated carbocycles. The molecule has 0 amide bonds. The largest absolute Gasteiger partial charge is 0.374 e. The molecule has 0 aromatic heterocycles. The first-order chi connectivity index (χ1) is 7.72. The Kier molecular flexibility index (Phi) is 2.21. The third-order valence-corrected chi connectivity index (χ3v) is 4.20. The molecule has 1 aliphatic carbocycles. The zero-order valence-corrected chi connectivity index (χ0v) is 10.2. The van der Waals surface area contributed by atoms with Crippen molar-refractivity contribution in [2.75, 3.05) is 25.5 Å². The summed E-state index contributed by atoms with van der Waals surface area (Å²) in [5, 5.41) is 3.47. The van der Waals surface area contributed by atoms with Gasteiger partial charge in [-0.15, -0.1) is 0 Å². The van der Waals surface area contributed by atoms with Crippen molar-refractivity contribution in [3.63, 3.8) is 0 Å². The number of rotatable bonds is 3. The number of hydrogen-bond donors (Lipinski definition) is 1. The monoisotopic (exact) mass is 216 g/mol. The average Bonchev–Trinajstić information content (AvgIpc) is 2.98. The van der Waals surface area contributed by atoms with Gasteiger partial charge in [-0.1, -0.05) is 12.1 Å². The van der Waals surface area contributed by atoms with Crippen LogP contribution in [0.1, 0.15) is 24.0 Å². The van der Waals surface area contributed by atoms with Gasteiger partial charge in [-0.2, -0.15) is 0 Å². The van der Waals surface area contributed by atoms with Crippen molar-refractivity contribution in [1.29, 1.82) is 0 Å². The molecule has 1 aromatic rings. The summed E-state index contributed by atoms with van der Waals surface area (Å²) in [6, 6.07) is 7.01. The van der Waals surface area contributed by atoms with E-state index < -0.39 is 0 Å². The molecular weight excluding hydrogens is 196 g/mol. The third-order valence-electron chi connectivity index (χ3n) is 4.20. The van der Waals surface area contributed by atoms with Crippen LogP contribution in [0.4, 0.5) is 5.69 Å². The van der Waals surface area contributed by atoms with Gasteiger partial charge < -0.3 is 10.2 Å². The summed E-state index contributed by atoms with van der Waals surface area (Å²) in [5.74, 6) is 0. The molecule has 1 aromatic carbocycles. The van der Waals surface area contributed by atoms with Crippen molar-refractivity contribution in [2.45, 2.75) is 31.2 Å². The van der Waals surface area contributed by atoms with Gasteiger partial charge in [-0.05, 0) is 49.9 Å². The van der Waals surface area contributed by atoms with Crippen LogP contribution in [0.5, 0.6) is 0 Å². The minimum absolute atomic E-state index is 0.429. The summed E-state index contributed by atoms with van der Waals surface area (Å²) in [7, 11) is 4.27. The highest BCUT2D eigenvalue weighted by atomic mass is 15.1. The first kappa shape index (κ1) is 10.2. The van der Waals surface area contributed by atoms with E-state index in [0.717, 1.165) is 0 Å². The molecule has 1 fully saturated rings. The molecule has 1 aliphatic heterocycles. The number of fused-ring (bicyclic) bond motifs is 1. The molecule has 3 rings (SSSR count). The van der Waals surface area contributed by atoms with Gasteiger partial charge in [0.15, 0.2) is 0 Å². The highest BCUT2D eigenvalue weighted by Gasteiger charge is 2.40. The van der Waals surface area contributed by atoms with Gasteiger partial charge in [0.25, 0.3) is 0 Å². The van der Waals surface area contributed by atoms with Gasteiger partial charge in [-0.25, -0.2) is 0 Å². The third kappa shape index (κ3) is 1.61. The molecule has 2 aliphatic rings. The van der Waals surface area contributed by atoms with Crippen molar-refractivity contribution < 1.29 is 0 Å². The molecule has 1 heterocycles. The quantitative estimate of drug-likeness (QED) is 0.831. The van der Waals surface area contributed by atoms with Gasteiger partial charge in [0.1, 0.15) is 0 Å². The van der Waals surface area contributed by atoms with Crippen molar-refractivity contribution in [3.8, 4) is 0 Å². The van der Waals surface area contributed by atoms with E-state index in [0.29, 0.717) is 5.54 Å². The van der Waals surface area contributed by atoms with Crippen LogP contribution in [0.15, 0.2) is 18.2 Å². The van der Waals surface area contributed by atoms with Crippen LogP contribution in [0.3, 0.4) is 0 Å². The summed E-state index contributed by atoms with van der Waals surface area (Å²) in [6.07, 6.45) is 5.08. The van der Waals surface area contributed by atoms with E-state index in [-0.39, 0.29) is 0 Å². The van der Waals surface area contributed by atoms with Gasteiger partial charge in [0, 0.05) is 24.8 Å². The minimum atomic E-state index is 0.429. The van der Waals surface area contributed by atoms with Crippen LogP contribution < -0.4 is 10.2 Å². The molecule has 1 N–H and O–H groups in total. The summed E-state index contributed by atoms with van der Waals surface area (Å²) in [5.41, 5.74) is 4.89. The van der Waals surface area contributed by atoms with Crippen LogP contribution in [0.25, 0.3) is 0 Å². The Labute approximate surface area is 97.6 Å². The average molecular weight is 216 g/mol. The fourth-order valence-electron chi connectivity index (χ4n) is 2.79. The van der Waals surface area contributed by atoms with Crippen molar-refractivity contribution in [1.82, 2.24) is 5.32 Å². The van der Waals surface area contributed by atoms with Crippen molar-refractivity contribution in [2.24, 2.45) is 0 Å². The highest BCUT2D eigenvalue weighted by molar-refractivity contribution is 5.58. The smallest absolute Gasteiger partial charge is 0.0397 e. The van der Waals surface area contributed by atoms with E-state index in [1.54, 1.807) is 0 Å². The molecule has 0 atom stereocenters. The number of benzene rings is 1. The molecule has 0 spiro atoms. The Morgan fingerprint density at radius 3 is 2.88 bits per heavy atom. The molecule has 2 nitrogen and oxygen atoms in total. The Morgan fingerprint density at radius 2 is 2.19 bits per heavy atom. The second kappa shape index (κ2) is 3.49. The molecule has 2 heteroatoms. The van der Waals surface area contributed by atoms with Crippen molar-refractivity contribution in [3.05, 3.63) is 29.3 Å². The van der Waals surface area contributed by atoms with Gasteiger partial charge in [0.2, 0.25) is 0 Å². The first-order valence-corrected chi connectivity index (χ1v) is 6.24. The Bertz CT molecular complexity index is 407. The summed E-state index contributed by atoms with van der Waals surface area (Å²) < 4.78 is 0. The number of nitrogens with zero attached hydrogens (tertiary/aromatic N) is 1. The normalized spacial score (nSPS) is 21.0. The van der Waals surface area contributed by atoms with Crippen LogP contribution in [0, 0.1) is 0 Å². The highest BCUT2D eigenvalue weighted by Crippen LogP contribution is 2.39. The van der Waals surface area contributed by atoms with Gasteiger partial charge >= 0.3 is 0 Å². The van der Waals surface area contributed by atoms with Gasteiger partial charge in [-0.3, -0.25) is 0 Å². The fraction of sp³-hybridized carbons (Fsp3) is 0.571. The maximum Gasteiger partial charge on any atom is 0.0397 e. The zero-order valence-electron chi connectivity index (χ0n) is 10.2. The van der Waals surface area contributed by atoms with E-state index in [1.807, 2.05) is 0 Å². The zero-order chi connectivity index (χ0) is 11.2. The molecular formula is C14H20N2. The molecule has 0 bridgehead atoms. The molecule has 16 heavy (non-hydrogen) atoms. The maximum atomic E-state index is 3.47. The Balaban J connectivity index is 1.82. The number of nitrogens with one attached hydrogen (secondary N) is 1. The predicted molar refractivity (Wildman–Crippen MR) is 68.1 cm³/mol. The lowest BCUT2D eigenvalue weighted by atomic mass is 10.0. The Morgan fingerprint density at radius 1 is 1.38 bits per heavy atom. The lowest BCUT2D eigenvalue weighted by molar-refractivity contribution is 0.548. The predicted octanol–water partition coefficient (Wildman–Crippen LogP) is 1.97. The Hall–Kier alpha value is -1.02. The van der Waals surface area contributed by atoms with E-state index in [4.69, 9.17) is 0 Å². The van der Waals surface area contributed by atoms with Gasteiger partial charge in [0.05, 0.1) is 0 Å². The lowest BCUT2D eigenvalue weighted by Crippen LogP contribution is -2.29. The van der Waals surface area contributed by atoms with Crippen LogP contribution in [-0.4, -0.2) is 26.2 Å². The first-order valence-electron chi connectivity index (χ1n) is 6.24. The molecule has 0 saturated heterocycles. The van der Waals surface area contributed by atoms with E-state index in [1.165, 1.54) is 49.0 Å². The molecule has 86 valence electrons. The second-order valence-electron chi connectivity index (χ2n) is 5.34. The lowest BCUT2D eigenvalue weighted by Gasteiger charge is -2.16. The summed E-state index contributed by atoms with van der Waals surface area (Å²) in [6.45, 7) is 1.18. The summed E-state index contributed by atoms with van der Waals surface area (Å²) in [4.78, 5) is 2.35. The van der Waals surface area contributed by atoms with E-state index in [2.05, 4.69) is 42.5 Å². The molecule has 0 radical (unpaired) electrons. The van der Waals surface area contributed by atoms with E-state index >= 15 is 0 Å². The minimum Gasteiger partial charge on any atom is -0.374 e. The van der Waals surface area contributed by atoms with Crippen LogP contribution >= 0.6 is 0 Å². The number of hydrogen-bond acceptors (Lipinski definition) is 2. The number of anilines is 1. The fourth-order valence-corrected chi connectivity index (χ4v) is 2.79. The van der Waals surface area contributed by atoms with Crippen LogP contribution in [0.2, 0.25) is 0 Å². The SMILES string of the molecule is CNC1(Cc2ccc3c(c2)CCN3C)CC1. The molecule has 0 unspecified atom stereocenters. The van der Waals surface area contributed by atoms with Crippen molar-refractivity contribution >= 4 is 5.69 Å². The van der Waals surface area contributed by atoms with Crippen LogP contribution in [-0.2, 0) is 12.8 Å². The maximum absolute atomic E-state index is 3.47. The standard InChI is InChI=1S/C14H20N2/c1-15-14(6-7-14)10-11-3-4-13-12(9-11)5-8-16(13)2/h3-4,9,15H,5-8,10H2,1-2H3. The second-order valence-corrected chi connectivity index (χ2v) is 5.34.